The maximum absolute atomic E-state index is 9.21. The van der Waals surface area contributed by atoms with Gasteiger partial charge in [-0.2, -0.15) is 0 Å². The summed E-state index contributed by atoms with van der Waals surface area (Å²) >= 11 is 3.42. The van der Waals surface area contributed by atoms with Crippen molar-refractivity contribution in [3.63, 3.8) is 0 Å². The Labute approximate surface area is 111 Å². The van der Waals surface area contributed by atoms with Crippen LogP contribution < -0.4 is 5.73 Å². The molecule has 1 aromatic carbocycles. The topological polar surface area (TPSA) is 49.5 Å². The Kier molecular flexibility index (Phi) is 4.42. The Morgan fingerprint density at radius 3 is 3.00 bits per heavy atom. The fraction of sp³-hybridized carbons (Fsp3) is 0.538. The van der Waals surface area contributed by atoms with E-state index in [1.807, 2.05) is 12.1 Å². The number of nitrogen functional groups attached to an aromatic ring is 1. The Balaban J connectivity index is 2.00. The predicted molar refractivity (Wildman–Crippen MR) is 73.6 cm³/mol. The Morgan fingerprint density at radius 1 is 1.47 bits per heavy atom. The molecule has 0 spiro atoms. The van der Waals surface area contributed by atoms with E-state index >= 15 is 0 Å². The largest absolute Gasteiger partial charge is 0.398 e. The first-order chi connectivity index (χ1) is 8.19. The molecular formula is C13H19BrN2O. The molecule has 94 valence electrons. The first-order valence-electron chi connectivity index (χ1n) is 6.06. The molecule has 1 aliphatic rings. The fourth-order valence-electron chi connectivity index (χ4n) is 2.39. The van der Waals surface area contributed by atoms with Crippen molar-refractivity contribution in [3.8, 4) is 0 Å². The van der Waals surface area contributed by atoms with Gasteiger partial charge in [0.2, 0.25) is 0 Å². The van der Waals surface area contributed by atoms with Crippen LogP contribution in [0, 0.1) is 5.92 Å². The smallest absolute Gasteiger partial charge is 0.0471 e. The number of halogens is 1. The Hall–Kier alpha value is -0.580. The molecule has 1 saturated heterocycles. The Morgan fingerprint density at radius 2 is 2.29 bits per heavy atom. The van der Waals surface area contributed by atoms with Gasteiger partial charge in [0, 0.05) is 29.9 Å². The van der Waals surface area contributed by atoms with Crippen LogP contribution in [0.25, 0.3) is 0 Å². The molecule has 3 N–H and O–H groups in total. The summed E-state index contributed by atoms with van der Waals surface area (Å²) in [6, 6.07) is 6.05. The molecule has 1 unspecified atom stereocenters. The lowest BCUT2D eigenvalue weighted by molar-refractivity contribution is 0.116. The van der Waals surface area contributed by atoms with Crippen molar-refractivity contribution in [2.24, 2.45) is 5.92 Å². The SMILES string of the molecule is Nc1cc(Br)ccc1CN1CCCC(CO)C1. The zero-order valence-electron chi connectivity index (χ0n) is 9.90. The van der Waals surface area contributed by atoms with E-state index < -0.39 is 0 Å². The van der Waals surface area contributed by atoms with Gasteiger partial charge in [0.25, 0.3) is 0 Å². The third-order valence-corrected chi connectivity index (χ3v) is 3.86. The van der Waals surface area contributed by atoms with Crippen molar-refractivity contribution in [1.29, 1.82) is 0 Å². The molecule has 1 aromatic rings. The highest BCUT2D eigenvalue weighted by Gasteiger charge is 2.19. The van der Waals surface area contributed by atoms with Crippen LogP contribution in [0.4, 0.5) is 5.69 Å². The van der Waals surface area contributed by atoms with Crippen LogP contribution >= 0.6 is 15.9 Å². The van der Waals surface area contributed by atoms with Gasteiger partial charge < -0.3 is 10.8 Å². The minimum atomic E-state index is 0.298. The molecule has 0 radical (unpaired) electrons. The van der Waals surface area contributed by atoms with Crippen LogP contribution in [0.15, 0.2) is 22.7 Å². The molecule has 1 fully saturated rings. The number of aliphatic hydroxyl groups is 1. The predicted octanol–water partition coefficient (Wildman–Crippen LogP) is 2.24. The van der Waals surface area contributed by atoms with Crippen molar-refractivity contribution in [2.45, 2.75) is 19.4 Å². The zero-order chi connectivity index (χ0) is 12.3. The molecule has 0 bridgehead atoms. The van der Waals surface area contributed by atoms with Crippen molar-refractivity contribution in [3.05, 3.63) is 28.2 Å². The van der Waals surface area contributed by atoms with Crippen molar-refractivity contribution in [1.82, 2.24) is 4.90 Å². The minimum absolute atomic E-state index is 0.298. The van der Waals surface area contributed by atoms with Gasteiger partial charge in [0.05, 0.1) is 0 Å². The molecule has 0 amide bonds. The highest BCUT2D eigenvalue weighted by molar-refractivity contribution is 9.10. The first-order valence-corrected chi connectivity index (χ1v) is 6.85. The molecule has 0 aliphatic carbocycles. The number of aliphatic hydroxyl groups excluding tert-OH is 1. The van der Waals surface area contributed by atoms with Crippen LogP contribution in [0.1, 0.15) is 18.4 Å². The molecule has 0 aromatic heterocycles. The normalized spacial score (nSPS) is 21.6. The number of piperidine rings is 1. The van der Waals surface area contributed by atoms with Gasteiger partial charge in [-0.3, -0.25) is 4.90 Å². The van der Waals surface area contributed by atoms with E-state index in [9.17, 15) is 5.11 Å². The molecule has 4 heteroatoms. The number of likely N-dealkylation sites (tertiary alicyclic amines) is 1. The van der Waals surface area contributed by atoms with Gasteiger partial charge in [0.1, 0.15) is 0 Å². The van der Waals surface area contributed by atoms with Crippen LogP contribution in [-0.4, -0.2) is 29.7 Å². The number of nitrogens with two attached hydrogens (primary N) is 1. The van der Waals surface area contributed by atoms with E-state index in [-0.39, 0.29) is 0 Å². The first kappa shape index (κ1) is 12.9. The van der Waals surface area contributed by atoms with Crippen LogP contribution in [0.3, 0.4) is 0 Å². The minimum Gasteiger partial charge on any atom is -0.398 e. The van der Waals surface area contributed by atoms with Gasteiger partial charge in [-0.05, 0) is 43.0 Å². The molecule has 3 nitrogen and oxygen atoms in total. The lowest BCUT2D eigenvalue weighted by atomic mass is 9.98. The molecule has 0 saturated carbocycles. The second-order valence-corrected chi connectivity index (χ2v) is 5.68. The summed E-state index contributed by atoms with van der Waals surface area (Å²) in [6.07, 6.45) is 2.31. The maximum Gasteiger partial charge on any atom is 0.0471 e. The number of hydrogen-bond acceptors (Lipinski definition) is 3. The molecule has 2 rings (SSSR count). The van der Waals surface area contributed by atoms with Crippen molar-refractivity contribution < 1.29 is 5.11 Å². The second kappa shape index (κ2) is 5.85. The monoisotopic (exact) mass is 298 g/mol. The summed E-state index contributed by atoms with van der Waals surface area (Å²) in [5.41, 5.74) is 8.01. The summed E-state index contributed by atoms with van der Waals surface area (Å²) in [5, 5.41) is 9.21. The van der Waals surface area contributed by atoms with E-state index in [0.29, 0.717) is 12.5 Å². The van der Waals surface area contributed by atoms with E-state index in [1.54, 1.807) is 0 Å². The third-order valence-electron chi connectivity index (χ3n) is 3.36. The van der Waals surface area contributed by atoms with Crippen LogP contribution in [0.2, 0.25) is 0 Å². The maximum atomic E-state index is 9.21. The summed E-state index contributed by atoms with van der Waals surface area (Å²) in [5.74, 6) is 0.431. The fourth-order valence-corrected chi connectivity index (χ4v) is 2.77. The van der Waals surface area contributed by atoms with Gasteiger partial charge in [0.15, 0.2) is 0 Å². The van der Waals surface area contributed by atoms with E-state index in [2.05, 4.69) is 26.9 Å². The number of nitrogens with zero attached hydrogens (tertiary/aromatic N) is 1. The third kappa shape index (κ3) is 3.44. The Bertz CT molecular complexity index is 384. The molecule has 1 heterocycles. The van der Waals surface area contributed by atoms with Crippen molar-refractivity contribution in [2.75, 3.05) is 25.4 Å². The average molecular weight is 299 g/mol. The summed E-state index contributed by atoms with van der Waals surface area (Å²) in [4.78, 5) is 2.38. The van der Waals surface area contributed by atoms with Gasteiger partial charge >= 0.3 is 0 Å². The quantitative estimate of drug-likeness (QED) is 0.842. The molecule has 1 aliphatic heterocycles. The number of benzene rings is 1. The van der Waals surface area contributed by atoms with Gasteiger partial charge in [-0.15, -0.1) is 0 Å². The van der Waals surface area contributed by atoms with Crippen LogP contribution in [0.5, 0.6) is 0 Å². The number of anilines is 1. The van der Waals surface area contributed by atoms with Crippen LogP contribution in [-0.2, 0) is 6.54 Å². The van der Waals surface area contributed by atoms with Gasteiger partial charge in [-0.1, -0.05) is 22.0 Å². The highest BCUT2D eigenvalue weighted by atomic mass is 79.9. The summed E-state index contributed by atoms with van der Waals surface area (Å²) in [7, 11) is 0. The molecular weight excluding hydrogens is 280 g/mol. The zero-order valence-corrected chi connectivity index (χ0v) is 11.5. The summed E-state index contributed by atoms with van der Waals surface area (Å²) in [6.45, 7) is 3.26. The van der Waals surface area contributed by atoms with E-state index in [1.165, 1.54) is 12.0 Å². The van der Waals surface area contributed by atoms with E-state index in [0.717, 1.165) is 36.2 Å². The molecule has 17 heavy (non-hydrogen) atoms. The van der Waals surface area contributed by atoms with Crippen molar-refractivity contribution >= 4 is 21.6 Å². The standard InChI is InChI=1S/C13H19BrN2O/c14-12-4-3-11(13(15)6-12)8-16-5-1-2-10(7-16)9-17/h3-4,6,10,17H,1-2,5,7-9,15H2. The molecule has 1 atom stereocenters. The highest BCUT2D eigenvalue weighted by Crippen LogP contribution is 2.23. The number of hydrogen-bond donors (Lipinski definition) is 2. The summed E-state index contributed by atoms with van der Waals surface area (Å²) < 4.78 is 1.02. The second-order valence-electron chi connectivity index (χ2n) is 4.77. The van der Waals surface area contributed by atoms with E-state index in [4.69, 9.17) is 5.73 Å². The number of rotatable bonds is 3. The lowest BCUT2D eigenvalue weighted by Gasteiger charge is -2.32. The van der Waals surface area contributed by atoms with Gasteiger partial charge in [-0.25, -0.2) is 0 Å². The lowest BCUT2D eigenvalue weighted by Crippen LogP contribution is -2.36. The average Bonchev–Trinajstić information content (AvgIpc) is 2.33.